The topological polar surface area (TPSA) is 59.8 Å². The Kier molecular flexibility index (Phi) is 2.82. The lowest BCUT2D eigenvalue weighted by molar-refractivity contribution is 0.0946. The fourth-order valence-electron chi connectivity index (χ4n) is 2.44. The summed E-state index contributed by atoms with van der Waals surface area (Å²) in [7, 11) is 0. The number of rotatable bonds is 4. The van der Waals surface area contributed by atoms with Gasteiger partial charge in [0.15, 0.2) is 5.69 Å². The number of carbonyl (C=O) groups excluding carboxylic acids is 1. The predicted molar refractivity (Wildman–Crippen MR) is 62.5 cm³/mol. The van der Waals surface area contributed by atoms with Gasteiger partial charge >= 0.3 is 0 Å². The van der Waals surface area contributed by atoms with Crippen molar-refractivity contribution < 1.29 is 4.79 Å². The molecule has 1 heterocycles. The molecule has 0 saturated heterocycles. The van der Waals surface area contributed by atoms with Crippen LogP contribution in [0.1, 0.15) is 49.0 Å². The molecular weight excluding hydrogens is 216 g/mol. The highest BCUT2D eigenvalue weighted by atomic mass is 16.2. The maximum atomic E-state index is 11.7. The summed E-state index contributed by atoms with van der Waals surface area (Å²) in [6.07, 6.45) is 9.19. The fraction of sp³-hybridized carbons (Fsp3) is 0.750. The highest BCUT2D eigenvalue weighted by Crippen LogP contribution is 2.25. The van der Waals surface area contributed by atoms with Crippen LogP contribution in [-0.2, 0) is 6.54 Å². The standard InChI is InChI=1S/C12H18N4O/c17-12(13-10-5-6-10)11-8-16(15-14-11)7-9-3-1-2-4-9/h8-10H,1-7H2,(H,13,17). The number of nitrogens with one attached hydrogen (secondary N) is 1. The number of carbonyl (C=O) groups is 1. The smallest absolute Gasteiger partial charge is 0.273 e. The Hall–Kier alpha value is -1.39. The van der Waals surface area contributed by atoms with Gasteiger partial charge in [-0.05, 0) is 31.6 Å². The first-order chi connectivity index (χ1) is 8.31. The van der Waals surface area contributed by atoms with Gasteiger partial charge in [-0.15, -0.1) is 5.10 Å². The van der Waals surface area contributed by atoms with Gasteiger partial charge in [-0.3, -0.25) is 9.48 Å². The Bertz CT molecular complexity index is 404. The average Bonchev–Trinajstić information content (AvgIpc) is 2.84. The zero-order chi connectivity index (χ0) is 11.7. The molecule has 0 aliphatic heterocycles. The summed E-state index contributed by atoms with van der Waals surface area (Å²) in [6, 6.07) is 0.377. The van der Waals surface area contributed by atoms with E-state index in [0.717, 1.165) is 25.3 Å². The molecule has 0 unspecified atom stereocenters. The molecule has 1 N–H and O–H groups in total. The van der Waals surface area contributed by atoms with Crippen LogP contribution >= 0.6 is 0 Å². The number of nitrogens with zero attached hydrogens (tertiary/aromatic N) is 3. The van der Waals surface area contributed by atoms with Crippen LogP contribution in [0.25, 0.3) is 0 Å². The second kappa shape index (κ2) is 4.47. The molecule has 1 amide bonds. The minimum absolute atomic E-state index is 0.0785. The van der Waals surface area contributed by atoms with Gasteiger partial charge in [0.2, 0.25) is 0 Å². The molecule has 2 saturated carbocycles. The number of hydrogen-bond acceptors (Lipinski definition) is 3. The maximum Gasteiger partial charge on any atom is 0.273 e. The number of hydrogen-bond donors (Lipinski definition) is 1. The van der Waals surface area contributed by atoms with Crippen molar-refractivity contribution in [3.63, 3.8) is 0 Å². The lowest BCUT2D eigenvalue weighted by Gasteiger charge is -2.06. The van der Waals surface area contributed by atoms with E-state index < -0.39 is 0 Å². The van der Waals surface area contributed by atoms with E-state index in [1.54, 1.807) is 6.20 Å². The molecule has 2 fully saturated rings. The summed E-state index contributed by atoms with van der Waals surface area (Å²) < 4.78 is 1.82. The molecule has 1 aromatic heterocycles. The summed E-state index contributed by atoms with van der Waals surface area (Å²) in [5.41, 5.74) is 0.454. The normalized spacial score (nSPS) is 20.7. The first-order valence-electron chi connectivity index (χ1n) is 6.52. The highest BCUT2D eigenvalue weighted by Gasteiger charge is 2.25. The van der Waals surface area contributed by atoms with Crippen LogP contribution in [-0.4, -0.2) is 26.9 Å². The third-order valence-corrected chi connectivity index (χ3v) is 3.60. The van der Waals surface area contributed by atoms with E-state index in [4.69, 9.17) is 0 Å². The predicted octanol–water partition coefficient (Wildman–Crippen LogP) is 1.36. The summed E-state index contributed by atoms with van der Waals surface area (Å²) in [6.45, 7) is 0.906. The Labute approximate surface area is 101 Å². The molecule has 3 rings (SSSR count). The molecule has 1 aromatic rings. The first kappa shape index (κ1) is 10.7. The largest absolute Gasteiger partial charge is 0.348 e. The molecule has 0 atom stereocenters. The molecule has 2 aliphatic rings. The van der Waals surface area contributed by atoms with Gasteiger partial charge in [-0.1, -0.05) is 18.1 Å². The summed E-state index contributed by atoms with van der Waals surface area (Å²) in [5.74, 6) is 0.640. The zero-order valence-corrected chi connectivity index (χ0v) is 9.93. The van der Waals surface area contributed by atoms with Crippen molar-refractivity contribution in [2.75, 3.05) is 0 Å². The Morgan fingerprint density at radius 1 is 1.35 bits per heavy atom. The molecule has 5 heteroatoms. The van der Waals surface area contributed by atoms with Crippen molar-refractivity contribution in [3.05, 3.63) is 11.9 Å². The summed E-state index contributed by atoms with van der Waals surface area (Å²) >= 11 is 0. The summed E-state index contributed by atoms with van der Waals surface area (Å²) in [5, 5.41) is 10.9. The highest BCUT2D eigenvalue weighted by molar-refractivity contribution is 5.92. The van der Waals surface area contributed by atoms with Gasteiger partial charge in [0.05, 0.1) is 6.20 Å². The molecule has 0 spiro atoms. The van der Waals surface area contributed by atoms with Crippen LogP contribution in [0.2, 0.25) is 0 Å². The van der Waals surface area contributed by atoms with Gasteiger partial charge in [-0.2, -0.15) is 0 Å². The quantitative estimate of drug-likeness (QED) is 0.855. The van der Waals surface area contributed by atoms with E-state index in [1.807, 2.05) is 4.68 Å². The second-order valence-electron chi connectivity index (χ2n) is 5.22. The Morgan fingerprint density at radius 3 is 2.82 bits per heavy atom. The molecule has 5 nitrogen and oxygen atoms in total. The minimum atomic E-state index is -0.0785. The van der Waals surface area contributed by atoms with Crippen molar-refractivity contribution >= 4 is 5.91 Å². The van der Waals surface area contributed by atoms with Gasteiger partial charge in [0.25, 0.3) is 5.91 Å². The van der Waals surface area contributed by atoms with Gasteiger partial charge in [0.1, 0.15) is 0 Å². The van der Waals surface area contributed by atoms with Crippen molar-refractivity contribution in [2.45, 2.75) is 51.1 Å². The van der Waals surface area contributed by atoms with Crippen LogP contribution < -0.4 is 5.32 Å². The van der Waals surface area contributed by atoms with Crippen LogP contribution in [0.5, 0.6) is 0 Å². The van der Waals surface area contributed by atoms with Crippen LogP contribution in [0.15, 0.2) is 6.20 Å². The molecule has 92 valence electrons. The molecule has 2 aliphatic carbocycles. The van der Waals surface area contributed by atoms with Gasteiger partial charge in [-0.25, -0.2) is 0 Å². The van der Waals surface area contributed by atoms with E-state index in [9.17, 15) is 4.79 Å². The van der Waals surface area contributed by atoms with Crippen molar-refractivity contribution in [3.8, 4) is 0 Å². The molecule has 0 radical (unpaired) electrons. The molecular formula is C12H18N4O. The van der Waals surface area contributed by atoms with Crippen LogP contribution in [0, 0.1) is 5.92 Å². The van der Waals surface area contributed by atoms with Crippen LogP contribution in [0.4, 0.5) is 0 Å². The summed E-state index contributed by atoms with van der Waals surface area (Å²) in [4.78, 5) is 11.7. The van der Waals surface area contributed by atoms with Crippen molar-refractivity contribution in [1.82, 2.24) is 20.3 Å². The molecule has 0 aromatic carbocycles. The Balaban J connectivity index is 1.58. The van der Waals surface area contributed by atoms with E-state index in [0.29, 0.717) is 11.7 Å². The monoisotopic (exact) mass is 234 g/mol. The van der Waals surface area contributed by atoms with E-state index in [-0.39, 0.29) is 5.91 Å². The maximum absolute atomic E-state index is 11.7. The lowest BCUT2D eigenvalue weighted by Crippen LogP contribution is -2.25. The minimum Gasteiger partial charge on any atom is -0.348 e. The number of amides is 1. The zero-order valence-electron chi connectivity index (χ0n) is 9.93. The van der Waals surface area contributed by atoms with E-state index >= 15 is 0 Å². The van der Waals surface area contributed by atoms with Gasteiger partial charge < -0.3 is 5.32 Å². The van der Waals surface area contributed by atoms with Crippen LogP contribution in [0.3, 0.4) is 0 Å². The van der Waals surface area contributed by atoms with Crippen molar-refractivity contribution in [2.24, 2.45) is 5.92 Å². The third kappa shape index (κ3) is 2.65. The second-order valence-corrected chi connectivity index (χ2v) is 5.22. The fourth-order valence-corrected chi connectivity index (χ4v) is 2.44. The average molecular weight is 234 g/mol. The number of aromatic nitrogens is 3. The van der Waals surface area contributed by atoms with E-state index in [2.05, 4.69) is 15.6 Å². The van der Waals surface area contributed by atoms with Crippen molar-refractivity contribution in [1.29, 1.82) is 0 Å². The third-order valence-electron chi connectivity index (χ3n) is 3.60. The first-order valence-corrected chi connectivity index (χ1v) is 6.52. The SMILES string of the molecule is O=C(NC1CC1)c1cn(CC2CCCC2)nn1. The van der Waals surface area contributed by atoms with Gasteiger partial charge in [0, 0.05) is 12.6 Å². The molecule has 0 bridgehead atoms. The van der Waals surface area contributed by atoms with E-state index in [1.165, 1.54) is 25.7 Å². The molecule has 17 heavy (non-hydrogen) atoms. The Morgan fingerprint density at radius 2 is 2.12 bits per heavy atom. The lowest BCUT2D eigenvalue weighted by atomic mass is 10.1.